The van der Waals surface area contributed by atoms with Gasteiger partial charge in [0, 0.05) is 63.7 Å². The van der Waals surface area contributed by atoms with Crippen LogP contribution in [0.2, 0.25) is 0 Å². The Morgan fingerprint density at radius 1 is 0.714 bits per heavy atom. The van der Waals surface area contributed by atoms with Gasteiger partial charge in [-0.15, -0.1) is 23.2 Å². The van der Waals surface area contributed by atoms with Gasteiger partial charge >= 0.3 is 82.4 Å². The maximum absolute atomic E-state index is 11.0. The molecule has 0 radical (unpaired) electrons. The molecule has 0 saturated heterocycles. The van der Waals surface area contributed by atoms with Crippen molar-refractivity contribution in [2.45, 2.75) is 157 Å². The molecule has 1 aliphatic rings. The molecule has 3 unspecified atom stereocenters. The molecule has 0 aromatic carbocycles. The SMILES string of the molecule is CC.CCC(=O)CCC1C(=O)C1S(=O)([O-])=S.CCC(=O)CCCC(=O)CCl.CCCC(=O)CC.CCCCCC(=O)CC.O=C(Cl)CCl.O=S=S(=O)=O.[Na+].[Na][Na]. The van der Waals surface area contributed by atoms with E-state index in [9.17, 15) is 42.3 Å². The molecule has 0 bridgehead atoms. The molecule has 22 heteroatoms. The van der Waals surface area contributed by atoms with E-state index in [0.29, 0.717) is 62.9 Å². The van der Waals surface area contributed by atoms with Crippen LogP contribution in [0, 0.1) is 5.92 Å². The van der Waals surface area contributed by atoms with E-state index in [1.54, 1.807) is 6.92 Å². The van der Waals surface area contributed by atoms with Crippen molar-refractivity contribution in [2.24, 2.45) is 5.92 Å². The predicted octanol–water partition coefficient (Wildman–Crippen LogP) is 3.70. The van der Waals surface area contributed by atoms with Gasteiger partial charge in [0.25, 0.3) is 0 Å². The Balaban J connectivity index is -0.0000000834. The van der Waals surface area contributed by atoms with Crippen molar-refractivity contribution >= 4 is 158 Å². The number of ketones is 6. The normalized spacial score (nSPS) is 13.5. The van der Waals surface area contributed by atoms with Gasteiger partial charge in [-0.3, -0.25) is 37.8 Å². The van der Waals surface area contributed by atoms with Gasteiger partial charge in [-0.1, -0.05) is 68.2 Å². The molecule has 316 valence electrons. The molecule has 56 heavy (non-hydrogen) atoms. The van der Waals surface area contributed by atoms with Gasteiger partial charge in [0.05, 0.1) is 17.0 Å². The predicted molar refractivity (Wildman–Crippen MR) is 229 cm³/mol. The fourth-order valence-electron chi connectivity index (χ4n) is 3.33. The molecule has 1 fully saturated rings. The van der Waals surface area contributed by atoms with Crippen molar-refractivity contribution in [3.8, 4) is 0 Å². The second-order valence-electron chi connectivity index (χ2n) is 10.5. The van der Waals surface area contributed by atoms with Crippen LogP contribution >= 0.6 is 34.8 Å². The van der Waals surface area contributed by atoms with Crippen LogP contribution in [0.3, 0.4) is 0 Å². The van der Waals surface area contributed by atoms with Crippen LogP contribution in [0.25, 0.3) is 0 Å². The Morgan fingerprint density at radius 2 is 1.05 bits per heavy atom. The zero-order chi connectivity index (χ0) is 45.0. The van der Waals surface area contributed by atoms with E-state index in [2.05, 4.69) is 18.1 Å². The van der Waals surface area contributed by atoms with Crippen molar-refractivity contribution in [3.63, 3.8) is 0 Å². The summed E-state index contributed by atoms with van der Waals surface area (Å²) in [5.41, 5.74) is 0. The Bertz CT molecular complexity index is 1310. The van der Waals surface area contributed by atoms with E-state index in [4.69, 9.17) is 47.4 Å². The summed E-state index contributed by atoms with van der Waals surface area (Å²) in [6.07, 6.45) is 10.6. The number of Topliss-reactive ketones (excluding diaryl/α,β-unsaturated/α-hetero) is 6. The van der Waals surface area contributed by atoms with Crippen molar-refractivity contribution in [2.75, 3.05) is 11.8 Å². The summed E-state index contributed by atoms with van der Waals surface area (Å²) >= 11 is 21.9. The van der Waals surface area contributed by atoms with Crippen LogP contribution < -0.4 is 29.6 Å². The summed E-state index contributed by atoms with van der Waals surface area (Å²) in [5.74, 6) is 0.193. The van der Waals surface area contributed by atoms with Gasteiger partial charge in [0.15, 0.2) is 5.78 Å². The average molecular weight is 964 g/mol. The zero-order valence-electron chi connectivity index (χ0n) is 35.3. The first-order valence-electron chi connectivity index (χ1n) is 18.5. The van der Waals surface area contributed by atoms with Crippen molar-refractivity contribution < 1.29 is 84.5 Å². The molecular formula is C34H60Cl3Na3O12S4. The van der Waals surface area contributed by atoms with Crippen LogP contribution in [-0.2, 0) is 73.0 Å². The zero-order valence-corrected chi connectivity index (χ0v) is 46.9. The first kappa shape index (κ1) is 75.1. The van der Waals surface area contributed by atoms with Gasteiger partial charge < -0.3 is 4.55 Å². The Labute approximate surface area is 411 Å². The van der Waals surface area contributed by atoms with Crippen molar-refractivity contribution in [1.29, 1.82) is 0 Å². The quantitative estimate of drug-likeness (QED) is 0.0739. The maximum atomic E-state index is 11.0. The van der Waals surface area contributed by atoms with E-state index in [-0.39, 0.29) is 70.9 Å². The molecule has 12 nitrogen and oxygen atoms in total. The molecule has 1 saturated carbocycles. The number of carbonyl (C=O) groups excluding carboxylic acids is 7. The molecule has 0 N–H and O–H groups in total. The first-order chi connectivity index (χ1) is 25.7. The molecule has 3 atom stereocenters. The Hall–Kier alpha value is 1.73. The van der Waals surface area contributed by atoms with Gasteiger partial charge in [-0.2, -0.15) is 12.6 Å². The third-order valence-corrected chi connectivity index (χ3v) is 9.39. The minimum absolute atomic E-state index is 0. The number of hydrogen-bond acceptors (Lipinski definition) is 13. The standard InChI is InChI=1S/C8H13ClO2.C8H12O4S2.C8H16O.C6H12O.C2H2Cl2O.C2H6.3Na.O3S2/c1-2-7(10)4-3-5-8(11)6-9;1-2-5(9)3-4-6-7(10)8(6)14(11,12)13;1-3-5-6-7-8(9)4-2;1-3-5-6(7)4-2;3-1-2(4)5;1-2;;;;1-4-5(2)3/h2-6H2,1H3;6,8H,2-4H2,1H3,(H,11,12,13);3-7H2,1-2H3;3-5H2,1-2H3;1H2;1-2H3;;;;/q;;;;;;;;+1;/p-1. The summed E-state index contributed by atoms with van der Waals surface area (Å²) in [6, 6.07) is 0. The third-order valence-electron chi connectivity index (χ3n) is 6.33. The number of halogens is 3. The molecule has 1 rings (SSSR count). The van der Waals surface area contributed by atoms with Crippen molar-refractivity contribution in [3.05, 3.63) is 0 Å². The molecule has 0 aromatic heterocycles. The summed E-state index contributed by atoms with van der Waals surface area (Å²) in [7, 11) is -6.58. The van der Waals surface area contributed by atoms with E-state index in [1.165, 1.54) is 56.5 Å². The topological polar surface area (TPSA) is 211 Å². The van der Waals surface area contributed by atoms with E-state index < -0.39 is 44.7 Å². The second kappa shape index (κ2) is 56.7. The van der Waals surface area contributed by atoms with Crippen LogP contribution in [0.4, 0.5) is 0 Å². The van der Waals surface area contributed by atoms with Crippen LogP contribution in [0.15, 0.2) is 0 Å². The summed E-state index contributed by atoms with van der Waals surface area (Å²) < 4.78 is 48.6. The number of hydrogen-bond donors (Lipinski definition) is 0. The molecule has 0 amide bonds. The number of unbranched alkanes of at least 4 members (excludes halogenated alkanes) is 2. The number of carbonyl (C=O) groups is 7. The summed E-state index contributed by atoms with van der Waals surface area (Å²) in [6.45, 7) is 15.6. The summed E-state index contributed by atoms with van der Waals surface area (Å²) in [5, 5.41) is -1.52. The molecule has 0 spiro atoms. The van der Waals surface area contributed by atoms with Gasteiger partial charge in [0.2, 0.25) is 15.5 Å². The number of alkyl halides is 2. The molecule has 0 aromatic rings. The fraction of sp³-hybridized carbons (Fsp3) is 0.794. The average Bonchev–Trinajstić information content (AvgIpc) is 3.86. The van der Waals surface area contributed by atoms with Crippen LogP contribution in [-0.4, -0.2) is 122 Å². The Kier molecular flexibility index (Phi) is 76.1. The van der Waals surface area contributed by atoms with Gasteiger partial charge in [-0.05, 0) is 57.2 Å². The van der Waals surface area contributed by atoms with Crippen molar-refractivity contribution in [1.82, 2.24) is 0 Å². The minimum atomic E-state index is -3.66. The van der Waals surface area contributed by atoms with E-state index in [1.807, 2.05) is 41.5 Å². The monoisotopic (exact) mass is 962 g/mol. The van der Waals surface area contributed by atoms with Gasteiger partial charge in [-0.25, -0.2) is 0 Å². The molecule has 0 heterocycles. The van der Waals surface area contributed by atoms with Crippen LogP contribution in [0.1, 0.15) is 152 Å². The molecular weight excluding hydrogens is 904 g/mol. The van der Waals surface area contributed by atoms with E-state index in [0.717, 1.165) is 25.7 Å². The third kappa shape index (κ3) is 64.9. The Morgan fingerprint density at radius 3 is 1.30 bits per heavy atom. The first-order valence-corrected chi connectivity index (χ1v) is 32.8. The van der Waals surface area contributed by atoms with Crippen LogP contribution in [0.5, 0.6) is 0 Å². The number of rotatable bonds is 20. The van der Waals surface area contributed by atoms with Gasteiger partial charge in [0.1, 0.15) is 28.9 Å². The van der Waals surface area contributed by atoms with E-state index >= 15 is 0 Å². The second-order valence-corrected chi connectivity index (χ2v) is 16.1. The molecule has 0 aliphatic heterocycles. The fourth-order valence-corrected chi connectivity index (χ4v) is 5.20. The molecule has 1 aliphatic carbocycles. The summed E-state index contributed by atoms with van der Waals surface area (Å²) in [4.78, 5) is 73.8.